The summed E-state index contributed by atoms with van der Waals surface area (Å²) in [5, 5.41) is 3.55. The fourth-order valence-electron chi connectivity index (χ4n) is 3.20. The molecule has 0 bridgehead atoms. The Hall–Kier alpha value is -0.340. The van der Waals surface area contributed by atoms with Crippen molar-refractivity contribution in [3.8, 4) is 0 Å². The van der Waals surface area contributed by atoms with E-state index in [9.17, 15) is 0 Å². The highest BCUT2D eigenvalue weighted by Crippen LogP contribution is 2.48. The normalized spacial score (nSPS) is 33.6. The van der Waals surface area contributed by atoms with Crippen molar-refractivity contribution in [1.82, 2.24) is 5.32 Å². The lowest BCUT2D eigenvalue weighted by atomic mass is 9.67. The van der Waals surface area contributed by atoms with Gasteiger partial charge in [-0.25, -0.2) is 0 Å². The Balaban J connectivity index is 2.13. The molecule has 15 heavy (non-hydrogen) atoms. The van der Waals surface area contributed by atoms with Crippen molar-refractivity contribution in [2.24, 2.45) is 5.41 Å². The lowest BCUT2D eigenvalue weighted by Gasteiger charge is -2.37. The molecule has 0 radical (unpaired) electrons. The van der Waals surface area contributed by atoms with Crippen LogP contribution >= 0.6 is 15.9 Å². The van der Waals surface area contributed by atoms with Crippen molar-refractivity contribution in [3.05, 3.63) is 33.8 Å². The molecule has 2 aliphatic rings. The van der Waals surface area contributed by atoms with E-state index in [-0.39, 0.29) is 0 Å². The highest BCUT2D eigenvalue weighted by atomic mass is 79.9. The van der Waals surface area contributed by atoms with Gasteiger partial charge in [-0.1, -0.05) is 35.0 Å². The molecule has 0 aromatic heterocycles. The molecule has 80 valence electrons. The van der Waals surface area contributed by atoms with Gasteiger partial charge in [-0.05, 0) is 35.4 Å². The van der Waals surface area contributed by atoms with Gasteiger partial charge in [-0.2, -0.15) is 0 Å². The van der Waals surface area contributed by atoms with Crippen LogP contribution in [0.3, 0.4) is 0 Å². The van der Waals surface area contributed by atoms with Crippen LogP contribution in [0, 0.1) is 5.41 Å². The predicted molar refractivity (Wildman–Crippen MR) is 66.2 cm³/mol. The van der Waals surface area contributed by atoms with Gasteiger partial charge in [-0.3, -0.25) is 0 Å². The first kappa shape index (κ1) is 9.86. The Bertz CT molecular complexity index is 402. The van der Waals surface area contributed by atoms with Gasteiger partial charge < -0.3 is 5.32 Å². The van der Waals surface area contributed by atoms with Crippen LogP contribution in [0.25, 0.3) is 0 Å². The summed E-state index contributed by atoms with van der Waals surface area (Å²) in [7, 11) is 0. The summed E-state index contributed by atoms with van der Waals surface area (Å²) < 4.78 is 1.30. The van der Waals surface area contributed by atoms with E-state index in [1.165, 1.54) is 23.9 Å². The molecule has 2 heteroatoms. The molecule has 0 spiro atoms. The van der Waals surface area contributed by atoms with Gasteiger partial charge in [0.1, 0.15) is 0 Å². The lowest BCUT2D eigenvalue weighted by Crippen LogP contribution is -2.30. The average molecular weight is 266 g/mol. The molecule has 2 atom stereocenters. The van der Waals surface area contributed by atoms with E-state index in [0.29, 0.717) is 5.41 Å². The van der Waals surface area contributed by atoms with Crippen molar-refractivity contribution < 1.29 is 0 Å². The summed E-state index contributed by atoms with van der Waals surface area (Å²) in [6.07, 6.45) is 2.55. The summed E-state index contributed by atoms with van der Waals surface area (Å²) in [4.78, 5) is 0. The number of halogens is 1. The first-order valence-corrected chi connectivity index (χ1v) is 6.48. The van der Waals surface area contributed by atoms with E-state index in [4.69, 9.17) is 0 Å². The smallest absolute Gasteiger partial charge is 0.0210 e. The summed E-state index contributed by atoms with van der Waals surface area (Å²) >= 11 is 3.68. The van der Waals surface area contributed by atoms with Gasteiger partial charge in [0, 0.05) is 23.5 Å². The van der Waals surface area contributed by atoms with E-state index in [1.54, 1.807) is 11.1 Å². The lowest BCUT2D eigenvalue weighted by molar-refractivity contribution is 0.277. The number of hydrogen-bond donors (Lipinski definition) is 1. The van der Waals surface area contributed by atoms with Gasteiger partial charge in [-0.15, -0.1) is 0 Å². The third-order valence-electron chi connectivity index (χ3n) is 4.20. The number of hydrogen-bond acceptors (Lipinski definition) is 1. The quantitative estimate of drug-likeness (QED) is 0.761. The van der Waals surface area contributed by atoms with Crippen LogP contribution < -0.4 is 5.32 Å². The molecule has 1 nitrogen and oxygen atoms in total. The largest absolute Gasteiger partial charge is 0.316 e. The third kappa shape index (κ3) is 1.38. The molecule has 1 aromatic carbocycles. The van der Waals surface area contributed by atoms with E-state index in [0.717, 1.165) is 12.5 Å². The Morgan fingerprint density at radius 2 is 2.33 bits per heavy atom. The zero-order chi connectivity index (χ0) is 10.5. The summed E-state index contributed by atoms with van der Waals surface area (Å²) in [5.74, 6) is 0.721. The number of rotatable bonds is 0. The summed E-state index contributed by atoms with van der Waals surface area (Å²) in [5.41, 5.74) is 3.61. The topological polar surface area (TPSA) is 12.0 Å². The summed E-state index contributed by atoms with van der Waals surface area (Å²) in [6, 6.07) is 6.66. The van der Waals surface area contributed by atoms with Crippen LogP contribution in [0.5, 0.6) is 0 Å². The zero-order valence-corrected chi connectivity index (χ0v) is 10.6. The highest BCUT2D eigenvalue weighted by molar-refractivity contribution is 9.10. The van der Waals surface area contributed by atoms with E-state index < -0.39 is 0 Å². The Kier molecular flexibility index (Phi) is 2.18. The minimum atomic E-state index is 0.494. The second-order valence-corrected chi connectivity index (χ2v) is 6.00. The molecule has 1 saturated heterocycles. The molecule has 3 rings (SSSR count). The molecule has 0 saturated carbocycles. The predicted octanol–water partition coefficient (Wildman–Crippen LogP) is 3.09. The van der Waals surface area contributed by atoms with Crippen molar-refractivity contribution in [1.29, 1.82) is 0 Å². The molecule has 0 amide bonds. The maximum atomic E-state index is 3.68. The third-order valence-corrected chi connectivity index (χ3v) is 4.94. The standard InChI is InChI=1S/C13H16BrN/c1-13-6-5-10-9(3-2-4-12(10)14)11(13)7-15-8-13/h2-4,11,15H,5-8H2,1H3/t11-,13+/m1/s1. The molecule has 1 aromatic rings. The number of nitrogens with one attached hydrogen (secondary N) is 1. The van der Waals surface area contributed by atoms with Gasteiger partial charge >= 0.3 is 0 Å². The van der Waals surface area contributed by atoms with Crippen LogP contribution in [-0.4, -0.2) is 13.1 Å². The average Bonchev–Trinajstić information content (AvgIpc) is 2.60. The van der Waals surface area contributed by atoms with Crippen molar-refractivity contribution >= 4 is 15.9 Å². The maximum Gasteiger partial charge on any atom is 0.0210 e. The SMILES string of the molecule is C[C@@]12CCc3c(Br)cccc3[C@H]1CNC2. The van der Waals surface area contributed by atoms with Crippen molar-refractivity contribution in [2.75, 3.05) is 13.1 Å². The summed E-state index contributed by atoms with van der Waals surface area (Å²) in [6.45, 7) is 4.77. The Morgan fingerprint density at radius 3 is 3.20 bits per heavy atom. The van der Waals surface area contributed by atoms with Crippen LogP contribution in [0.15, 0.2) is 22.7 Å². The van der Waals surface area contributed by atoms with Crippen LogP contribution in [-0.2, 0) is 6.42 Å². The molecular formula is C13H16BrN. The Labute approximate surface area is 99.4 Å². The van der Waals surface area contributed by atoms with E-state index in [2.05, 4.69) is 46.4 Å². The molecular weight excluding hydrogens is 250 g/mol. The molecule has 1 fully saturated rings. The molecule has 1 heterocycles. The van der Waals surface area contributed by atoms with E-state index in [1.807, 2.05) is 0 Å². The fraction of sp³-hybridized carbons (Fsp3) is 0.538. The first-order valence-electron chi connectivity index (χ1n) is 5.69. The van der Waals surface area contributed by atoms with Gasteiger partial charge in [0.15, 0.2) is 0 Å². The van der Waals surface area contributed by atoms with Crippen LogP contribution in [0.1, 0.15) is 30.4 Å². The number of benzene rings is 1. The van der Waals surface area contributed by atoms with Crippen LogP contribution in [0.2, 0.25) is 0 Å². The van der Waals surface area contributed by atoms with Gasteiger partial charge in [0.25, 0.3) is 0 Å². The molecule has 1 N–H and O–H groups in total. The number of fused-ring (bicyclic) bond motifs is 3. The highest BCUT2D eigenvalue weighted by Gasteiger charge is 2.43. The minimum absolute atomic E-state index is 0.494. The minimum Gasteiger partial charge on any atom is -0.316 e. The molecule has 0 unspecified atom stereocenters. The molecule has 1 aliphatic carbocycles. The van der Waals surface area contributed by atoms with E-state index >= 15 is 0 Å². The van der Waals surface area contributed by atoms with Gasteiger partial charge in [0.05, 0.1) is 0 Å². The van der Waals surface area contributed by atoms with Crippen molar-refractivity contribution in [2.45, 2.75) is 25.7 Å². The fourth-order valence-corrected chi connectivity index (χ4v) is 3.78. The molecule has 1 aliphatic heterocycles. The van der Waals surface area contributed by atoms with Crippen LogP contribution in [0.4, 0.5) is 0 Å². The van der Waals surface area contributed by atoms with Crippen molar-refractivity contribution in [3.63, 3.8) is 0 Å². The maximum absolute atomic E-state index is 3.68. The Morgan fingerprint density at radius 1 is 1.47 bits per heavy atom. The van der Waals surface area contributed by atoms with Gasteiger partial charge in [0.2, 0.25) is 0 Å². The zero-order valence-electron chi connectivity index (χ0n) is 9.02. The first-order chi connectivity index (χ1) is 7.21. The second-order valence-electron chi connectivity index (χ2n) is 5.15. The monoisotopic (exact) mass is 265 g/mol. The second kappa shape index (κ2) is 3.33.